The molecule has 1 amide bonds. The lowest BCUT2D eigenvalue weighted by Gasteiger charge is -2.20. The Morgan fingerprint density at radius 3 is 2.71 bits per heavy atom. The molecule has 0 unspecified atom stereocenters. The first-order valence-corrected chi connectivity index (χ1v) is 9.51. The van der Waals surface area contributed by atoms with Crippen LogP contribution in [0.2, 0.25) is 0 Å². The van der Waals surface area contributed by atoms with Gasteiger partial charge in [-0.3, -0.25) is 4.79 Å². The third-order valence-corrected chi connectivity index (χ3v) is 5.70. The van der Waals surface area contributed by atoms with E-state index in [0.717, 1.165) is 61.1 Å². The van der Waals surface area contributed by atoms with Gasteiger partial charge >= 0.3 is 0 Å². The van der Waals surface area contributed by atoms with Crippen molar-refractivity contribution in [2.24, 2.45) is 0 Å². The molecule has 0 radical (unpaired) electrons. The Labute approximate surface area is 148 Å². The van der Waals surface area contributed by atoms with Gasteiger partial charge in [0.25, 0.3) is 5.91 Å². The Hall–Kier alpha value is -1.72. The number of carbonyl (C=O) groups is 1. The van der Waals surface area contributed by atoms with Crippen molar-refractivity contribution >= 4 is 17.2 Å². The van der Waals surface area contributed by atoms with Crippen molar-refractivity contribution in [1.82, 2.24) is 14.8 Å². The molecule has 0 N–H and O–H groups in total. The molecular formula is C19H25N3OS. The fraction of sp³-hybridized carbons (Fsp3) is 0.474. The van der Waals surface area contributed by atoms with E-state index in [1.807, 2.05) is 30.0 Å². The SMILES string of the molecule is CCN1CCCN(C(=O)c2sc(Cc3ccccc3)nc2C)CC1. The first-order chi connectivity index (χ1) is 11.7. The van der Waals surface area contributed by atoms with E-state index in [2.05, 4.69) is 28.9 Å². The second-order valence-corrected chi connectivity index (χ2v) is 7.35. The standard InChI is InChI=1S/C19H25N3OS/c1-3-21-10-7-11-22(13-12-21)19(23)18-15(2)20-17(24-18)14-16-8-5-4-6-9-16/h4-6,8-9H,3,7,10-14H2,1-2H3. The van der Waals surface area contributed by atoms with Gasteiger partial charge in [0.2, 0.25) is 0 Å². The van der Waals surface area contributed by atoms with Gasteiger partial charge in [-0.15, -0.1) is 11.3 Å². The average Bonchev–Trinajstić information content (AvgIpc) is 2.82. The molecule has 1 aliphatic rings. The quantitative estimate of drug-likeness (QED) is 0.855. The van der Waals surface area contributed by atoms with Gasteiger partial charge in [0, 0.05) is 26.1 Å². The van der Waals surface area contributed by atoms with Gasteiger partial charge < -0.3 is 9.80 Å². The number of nitrogens with zero attached hydrogens (tertiary/aromatic N) is 3. The molecule has 1 aromatic carbocycles. The molecule has 4 nitrogen and oxygen atoms in total. The second-order valence-electron chi connectivity index (χ2n) is 6.26. The van der Waals surface area contributed by atoms with Crippen molar-refractivity contribution in [1.29, 1.82) is 0 Å². The number of carbonyl (C=O) groups excluding carboxylic acids is 1. The van der Waals surface area contributed by atoms with E-state index in [9.17, 15) is 4.79 Å². The Morgan fingerprint density at radius 2 is 1.96 bits per heavy atom. The van der Waals surface area contributed by atoms with Crippen LogP contribution in [-0.2, 0) is 6.42 Å². The molecule has 0 aliphatic carbocycles. The van der Waals surface area contributed by atoms with E-state index in [1.54, 1.807) is 11.3 Å². The van der Waals surface area contributed by atoms with Crippen LogP contribution < -0.4 is 0 Å². The molecule has 1 aliphatic heterocycles. The van der Waals surface area contributed by atoms with Crippen LogP contribution in [0.3, 0.4) is 0 Å². The van der Waals surface area contributed by atoms with Gasteiger partial charge in [0.15, 0.2) is 0 Å². The Morgan fingerprint density at radius 1 is 1.17 bits per heavy atom. The zero-order valence-corrected chi connectivity index (χ0v) is 15.3. The molecule has 2 heterocycles. The summed E-state index contributed by atoms with van der Waals surface area (Å²) in [6.45, 7) is 8.91. The molecule has 0 atom stereocenters. The fourth-order valence-corrected chi connectivity index (χ4v) is 4.20. The molecule has 0 saturated carbocycles. The minimum Gasteiger partial charge on any atom is -0.337 e. The maximum atomic E-state index is 12.9. The second kappa shape index (κ2) is 7.90. The number of hydrogen-bond acceptors (Lipinski definition) is 4. The number of aryl methyl sites for hydroxylation is 1. The average molecular weight is 343 g/mol. The smallest absolute Gasteiger partial charge is 0.265 e. The lowest BCUT2D eigenvalue weighted by molar-refractivity contribution is 0.0765. The largest absolute Gasteiger partial charge is 0.337 e. The number of hydrogen-bond donors (Lipinski definition) is 0. The summed E-state index contributed by atoms with van der Waals surface area (Å²) in [4.78, 5) is 22.8. The van der Waals surface area contributed by atoms with E-state index in [4.69, 9.17) is 0 Å². The van der Waals surface area contributed by atoms with Crippen molar-refractivity contribution in [2.45, 2.75) is 26.7 Å². The minimum atomic E-state index is 0.155. The molecule has 24 heavy (non-hydrogen) atoms. The molecule has 0 spiro atoms. The van der Waals surface area contributed by atoms with E-state index < -0.39 is 0 Å². The predicted octanol–water partition coefficient (Wildman–Crippen LogP) is 3.21. The number of benzene rings is 1. The highest BCUT2D eigenvalue weighted by Gasteiger charge is 2.23. The molecule has 5 heteroatoms. The number of likely N-dealkylation sites (N-methyl/N-ethyl adjacent to an activating group) is 1. The summed E-state index contributed by atoms with van der Waals surface area (Å²) >= 11 is 1.55. The molecule has 2 aromatic rings. The van der Waals surface area contributed by atoms with Crippen molar-refractivity contribution in [3.05, 3.63) is 51.5 Å². The highest BCUT2D eigenvalue weighted by atomic mass is 32.1. The fourth-order valence-electron chi connectivity index (χ4n) is 3.13. The lowest BCUT2D eigenvalue weighted by atomic mass is 10.2. The van der Waals surface area contributed by atoms with Crippen molar-refractivity contribution in [2.75, 3.05) is 32.7 Å². The first-order valence-electron chi connectivity index (χ1n) is 8.69. The van der Waals surface area contributed by atoms with E-state index >= 15 is 0 Å². The summed E-state index contributed by atoms with van der Waals surface area (Å²) in [6, 6.07) is 10.3. The minimum absolute atomic E-state index is 0.155. The van der Waals surface area contributed by atoms with E-state index in [-0.39, 0.29) is 5.91 Å². The molecule has 0 bridgehead atoms. The number of thiazole rings is 1. The summed E-state index contributed by atoms with van der Waals surface area (Å²) < 4.78 is 0. The Bertz CT molecular complexity index is 683. The van der Waals surface area contributed by atoms with Crippen LogP contribution in [0.25, 0.3) is 0 Å². The van der Waals surface area contributed by atoms with Gasteiger partial charge in [-0.05, 0) is 32.0 Å². The van der Waals surface area contributed by atoms with E-state index in [0.29, 0.717) is 0 Å². The Balaban J connectivity index is 1.71. The van der Waals surface area contributed by atoms with E-state index in [1.165, 1.54) is 5.56 Å². The summed E-state index contributed by atoms with van der Waals surface area (Å²) in [5.41, 5.74) is 2.10. The van der Waals surface area contributed by atoms with Gasteiger partial charge in [0.05, 0.1) is 10.7 Å². The highest BCUT2D eigenvalue weighted by molar-refractivity contribution is 7.13. The summed E-state index contributed by atoms with van der Waals surface area (Å²) in [5, 5.41) is 1.02. The van der Waals surface area contributed by atoms with Crippen LogP contribution in [0.5, 0.6) is 0 Å². The van der Waals surface area contributed by atoms with Crippen molar-refractivity contribution < 1.29 is 4.79 Å². The highest BCUT2D eigenvalue weighted by Crippen LogP contribution is 2.23. The number of aromatic nitrogens is 1. The summed E-state index contributed by atoms with van der Waals surface area (Å²) in [6.07, 6.45) is 1.84. The Kier molecular flexibility index (Phi) is 5.63. The zero-order chi connectivity index (χ0) is 16.9. The molecule has 128 valence electrons. The van der Waals surface area contributed by atoms with Gasteiger partial charge in [0.1, 0.15) is 4.88 Å². The zero-order valence-electron chi connectivity index (χ0n) is 14.5. The normalized spacial score (nSPS) is 16.2. The summed E-state index contributed by atoms with van der Waals surface area (Å²) in [7, 11) is 0. The van der Waals surface area contributed by atoms with Gasteiger partial charge in [-0.25, -0.2) is 4.98 Å². The van der Waals surface area contributed by atoms with Crippen LogP contribution in [0.1, 0.15) is 39.3 Å². The molecule has 1 aromatic heterocycles. The van der Waals surface area contributed by atoms with Gasteiger partial charge in [-0.1, -0.05) is 37.3 Å². The lowest BCUT2D eigenvalue weighted by Crippen LogP contribution is -2.35. The number of amides is 1. The molecule has 1 saturated heterocycles. The van der Waals surface area contributed by atoms with Gasteiger partial charge in [-0.2, -0.15) is 0 Å². The topological polar surface area (TPSA) is 36.4 Å². The predicted molar refractivity (Wildman–Crippen MR) is 98.7 cm³/mol. The van der Waals surface area contributed by atoms with Crippen LogP contribution in [-0.4, -0.2) is 53.4 Å². The van der Waals surface area contributed by atoms with Crippen LogP contribution in [0.4, 0.5) is 0 Å². The van der Waals surface area contributed by atoms with Crippen LogP contribution >= 0.6 is 11.3 Å². The first kappa shape index (κ1) is 17.1. The van der Waals surface area contributed by atoms with Crippen LogP contribution in [0.15, 0.2) is 30.3 Å². The molecule has 1 fully saturated rings. The maximum Gasteiger partial charge on any atom is 0.265 e. The molecule has 3 rings (SSSR count). The monoisotopic (exact) mass is 343 g/mol. The third-order valence-electron chi connectivity index (χ3n) is 4.56. The number of rotatable bonds is 4. The van der Waals surface area contributed by atoms with Crippen molar-refractivity contribution in [3.8, 4) is 0 Å². The third kappa shape index (κ3) is 4.02. The van der Waals surface area contributed by atoms with Crippen LogP contribution in [0, 0.1) is 6.92 Å². The molecular weight excluding hydrogens is 318 g/mol. The van der Waals surface area contributed by atoms with Crippen molar-refractivity contribution in [3.63, 3.8) is 0 Å². The maximum absolute atomic E-state index is 12.9. The summed E-state index contributed by atoms with van der Waals surface area (Å²) in [5.74, 6) is 0.155.